The Labute approximate surface area is 183 Å². The highest BCUT2D eigenvalue weighted by atomic mass is 16.5. The first-order valence-electron chi connectivity index (χ1n) is 10.7. The Morgan fingerprint density at radius 3 is 1.94 bits per heavy atom. The summed E-state index contributed by atoms with van der Waals surface area (Å²) in [4.78, 5) is 0. The molecule has 5 rings (SSSR count). The molecule has 1 atom stereocenters. The van der Waals surface area contributed by atoms with Gasteiger partial charge in [-0.3, -0.25) is 0 Å². The van der Waals surface area contributed by atoms with E-state index in [9.17, 15) is 0 Å². The van der Waals surface area contributed by atoms with Crippen LogP contribution in [0.25, 0.3) is 0 Å². The number of hydrogen-bond donors (Lipinski definition) is 1. The first kappa shape index (κ1) is 19.4. The van der Waals surface area contributed by atoms with Crippen LogP contribution in [0.1, 0.15) is 35.4 Å². The third kappa shape index (κ3) is 3.47. The second kappa shape index (κ2) is 8.29. The normalized spacial score (nSPS) is 16.7. The smallest absolute Gasteiger partial charge is 0.156 e. The minimum absolute atomic E-state index is 0.314. The summed E-state index contributed by atoms with van der Waals surface area (Å²) in [6, 6.07) is 37.5. The molecule has 0 aromatic heterocycles. The molecule has 31 heavy (non-hydrogen) atoms. The van der Waals surface area contributed by atoms with Gasteiger partial charge in [0.25, 0.3) is 0 Å². The van der Waals surface area contributed by atoms with Gasteiger partial charge in [-0.05, 0) is 36.2 Å². The molecule has 0 amide bonds. The number of nitrogens with one attached hydrogen (secondary N) is 1. The summed E-state index contributed by atoms with van der Waals surface area (Å²) < 4.78 is 12.6. The highest BCUT2D eigenvalue weighted by molar-refractivity contribution is 5.63. The highest BCUT2D eigenvalue weighted by Crippen LogP contribution is 2.50. The SMILES string of the molecule is CCOc1ccc([C@@H]2Nc3ccccc3C(c3ccccc3)(c3ccccc3)O2)cc1. The fraction of sp³-hybridized carbons (Fsp3) is 0.143. The quantitative estimate of drug-likeness (QED) is 0.409. The van der Waals surface area contributed by atoms with Gasteiger partial charge in [0, 0.05) is 16.8 Å². The number of anilines is 1. The van der Waals surface area contributed by atoms with Gasteiger partial charge in [-0.2, -0.15) is 0 Å². The van der Waals surface area contributed by atoms with Crippen LogP contribution in [0.4, 0.5) is 5.69 Å². The van der Waals surface area contributed by atoms with Gasteiger partial charge in [-0.25, -0.2) is 0 Å². The second-order valence-electron chi connectivity index (χ2n) is 7.60. The van der Waals surface area contributed by atoms with E-state index in [0.717, 1.165) is 33.7 Å². The molecule has 0 radical (unpaired) electrons. The third-order valence-corrected chi connectivity index (χ3v) is 5.74. The summed E-state index contributed by atoms with van der Waals surface area (Å²) >= 11 is 0. The van der Waals surface area contributed by atoms with Crippen molar-refractivity contribution < 1.29 is 9.47 Å². The Morgan fingerprint density at radius 2 is 1.32 bits per heavy atom. The molecule has 3 heteroatoms. The number of fused-ring (bicyclic) bond motifs is 1. The van der Waals surface area contributed by atoms with E-state index in [1.165, 1.54) is 0 Å². The fourth-order valence-electron chi connectivity index (χ4n) is 4.34. The molecule has 0 spiro atoms. The van der Waals surface area contributed by atoms with Gasteiger partial charge < -0.3 is 14.8 Å². The number of rotatable bonds is 5. The summed E-state index contributed by atoms with van der Waals surface area (Å²) in [6.07, 6.45) is -0.314. The lowest BCUT2D eigenvalue weighted by Gasteiger charge is -2.44. The van der Waals surface area contributed by atoms with Crippen molar-refractivity contribution in [1.29, 1.82) is 0 Å². The van der Waals surface area contributed by atoms with Gasteiger partial charge in [0.2, 0.25) is 0 Å². The lowest BCUT2D eigenvalue weighted by molar-refractivity contribution is -0.0432. The Kier molecular flexibility index (Phi) is 5.19. The zero-order valence-corrected chi connectivity index (χ0v) is 17.5. The number of ether oxygens (including phenoxy) is 2. The number of benzene rings is 4. The second-order valence-corrected chi connectivity index (χ2v) is 7.60. The van der Waals surface area contributed by atoms with Crippen molar-refractivity contribution in [3.63, 3.8) is 0 Å². The van der Waals surface area contributed by atoms with Crippen LogP contribution in [0.15, 0.2) is 109 Å². The van der Waals surface area contributed by atoms with Crippen LogP contribution in [0.3, 0.4) is 0 Å². The van der Waals surface area contributed by atoms with Gasteiger partial charge in [-0.15, -0.1) is 0 Å². The van der Waals surface area contributed by atoms with Crippen LogP contribution in [0.5, 0.6) is 5.75 Å². The molecule has 0 saturated heterocycles. The standard InChI is InChI=1S/C28H25NO2/c1-2-30-24-19-17-21(18-20-24)27-29-26-16-10-9-15-25(26)28(31-27,22-11-5-3-6-12-22)23-13-7-4-8-14-23/h3-20,27,29H,2H2,1H3/t27-/m1/s1. The van der Waals surface area contributed by atoms with Gasteiger partial charge in [0.1, 0.15) is 11.4 Å². The molecule has 1 heterocycles. The first-order chi connectivity index (χ1) is 15.3. The number of para-hydroxylation sites is 1. The maximum absolute atomic E-state index is 7.01. The lowest BCUT2D eigenvalue weighted by atomic mass is 9.78. The maximum Gasteiger partial charge on any atom is 0.156 e. The minimum Gasteiger partial charge on any atom is -0.494 e. The van der Waals surface area contributed by atoms with Gasteiger partial charge in [0.05, 0.1) is 6.61 Å². The zero-order chi connectivity index (χ0) is 21.1. The van der Waals surface area contributed by atoms with Crippen LogP contribution in [-0.4, -0.2) is 6.61 Å². The van der Waals surface area contributed by atoms with E-state index in [1.807, 2.05) is 31.2 Å². The number of hydrogen-bond acceptors (Lipinski definition) is 3. The molecule has 0 bridgehead atoms. The van der Waals surface area contributed by atoms with Crippen molar-refractivity contribution in [3.05, 3.63) is 131 Å². The van der Waals surface area contributed by atoms with E-state index >= 15 is 0 Å². The van der Waals surface area contributed by atoms with Gasteiger partial charge >= 0.3 is 0 Å². The largest absolute Gasteiger partial charge is 0.494 e. The molecule has 1 N–H and O–H groups in total. The van der Waals surface area contributed by atoms with Crippen molar-refractivity contribution in [2.24, 2.45) is 0 Å². The molecule has 0 saturated carbocycles. The van der Waals surface area contributed by atoms with E-state index in [4.69, 9.17) is 9.47 Å². The summed E-state index contributed by atoms with van der Waals surface area (Å²) in [7, 11) is 0. The molecule has 1 aliphatic heterocycles. The average Bonchev–Trinajstić information content (AvgIpc) is 2.85. The van der Waals surface area contributed by atoms with Crippen LogP contribution in [0.2, 0.25) is 0 Å². The summed E-state index contributed by atoms with van der Waals surface area (Å²) in [5.41, 5.74) is 4.70. The predicted octanol–water partition coefficient (Wildman–Crippen LogP) is 6.52. The van der Waals surface area contributed by atoms with E-state index in [1.54, 1.807) is 0 Å². The van der Waals surface area contributed by atoms with Crippen LogP contribution in [0, 0.1) is 0 Å². The van der Waals surface area contributed by atoms with Crippen LogP contribution >= 0.6 is 0 Å². The fourth-order valence-corrected chi connectivity index (χ4v) is 4.34. The monoisotopic (exact) mass is 407 g/mol. The van der Waals surface area contributed by atoms with E-state index in [2.05, 4.69) is 90.2 Å². The zero-order valence-electron chi connectivity index (χ0n) is 17.5. The summed E-state index contributed by atoms with van der Waals surface area (Å²) in [6.45, 7) is 2.64. The van der Waals surface area contributed by atoms with Crippen molar-refractivity contribution >= 4 is 5.69 Å². The van der Waals surface area contributed by atoms with Crippen molar-refractivity contribution in [1.82, 2.24) is 0 Å². The van der Waals surface area contributed by atoms with Crippen molar-refractivity contribution in [2.75, 3.05) is 11.9 Å². The molecule has 3 nitrogen and oxygen atoms in total. The minimum atomic E-state index is -0.729. The van der Waals surface area contributed by atoms with Crippen molar-refractivity contribution in [3.8, 4) is 5.75 Å². The van der Waals surface area contributed by atoms with Gasteiger partial charge in [-0.1, -0.05) is 91.0 Å². The average molecular weight is 408 g/mol. The van der Waals surface area contributed by atoms with Crippen LogP contribution < -0.4 is 10.1 Å². The third-order valence-electron chi connectivity index (χ3n) is 5.74. The van der Waals surface area contributed by atoms with E-state index in [0.29, 0.717) is 6.61 Å². The van der Waals surface area contributed by atoms with Gasteiger partial charge in [0.15, 0.2) is 6.23 Å². The molecular formula is C28H25NO2. The Balaban J connectivity index is 1.69. The van der Waals surface area contributed by atoms with Crippen LogP contribution in [-0.2, 0) is 10.3 Å². The first-order valence-corrected chi connectivity index (χ1v) is 10.7. The topological polar surface area (TPSA) is 30.5 Å². The molecule has 1 aliphatic rings. The Morgan fingerprint density at radius 1 is 0.742 bits per heavy atom. The van der Waals surface area contributed by atoms with E-state index < -0.39 is 5.60 Å². The lowest BCUT2D eigenvalue weighted by Crippen LogP contribution is -2.40. The molecular weight excluding hydrogens is 382 g/mol. The summed E-state index contributed by atoms with van der Waals surface area (Å²) in [5, 5.41) is 3.60. The molecule has 154 valence electrons. The maximum atomic E-state index is 7.01. The molecule has 4 aromatic rings. The van der Waals surface area contributed by atoms with Crippen molar-refractivity contribution in [2.45, 2.75) is 18.8 Å². The molecule has 0 fully saturated rings. The Bertz CT molecular complexity index is 1100. The summed E-state index contributed by atoms with van der Waals surface area (Å²) in [5.74, 6) is 0.861. The molecule has 0 unspecified atom stereocenters. The Hall–Kier alpha value is -3.56. The molecule has 0 aliphatic carbocycles. The molecule has 4 aromatic carbocycles. The highest BCUT2D eigenvalue weighted by Gasteiger charge is 2.44. The predicted molar refractivity (Wildman–Crippen MR) is 124 cm³/mol. The van der Waals surface area contributed by atoms with E-state index in [-0.39, 0.29) is 6.23 Å².